The molecule has 0 heterocycles. The molecule has 2 rings (SSSR count). The Balaban J connectivity index is 2.36. The number of hydrogen-bond acceptors (Lipinski definition) is 2. The van der Waals surface area contributed by atoms with Crippen LogP contribution in [0.1, 0.15) is 21.5 Å². The largest absolute Gasteiger partial charge is 0.389 e. The number of aryl methyl sites for hydroxylation is 1. The van der Waals surface area contributed by atoms with Crippen molar-refractivity contribution in [2.45, 2.75) is 6.92 Å². The lowest BCUT2D eigenvalue weighted by Crippen LogP contribution is -2.19. The number of carbonyl (C=O) groups excluding carboxylic acids is 1. The molecular weight excluding hydrogens is 294 g/mol. The Morgan fingerprint density at radius 2 is 1.86 bits per heavy atom. The summed E-state index contributed by atoms with van der Waals surface area (Å²) in [6.07, 6.45) is 0. The van der Waals surface area contributed by atoms with Crippen LogP contribution in [-0.2, 0) is 0 Å². The number of nitrogens with two attached hydrogens (primary N) is 1. The maximum atomic E-state index is 13.7. The van der Waals surface area contributed by atoms with Crippen LogP contribution >= 0.6 is 12.2 Å². The summed E-state index contributed by atoms with van der Waals surface area (Å²) < 4.78 is 26.9. The van der Waals surface area contributed by atoms with E-state index in [4.69, 9.17) is 18.0 Å². The van der Waals surface area contributed by atoms with Gasteiger partial charge in [0.25, 0.3) is 5.91 Å². The number of rotatable bonds is 3. The van der Waals surface area contributed by atoms with Crippen LogP contribution in [-0.4, -0.2) is 10.9 Å². The van der Waals surface area contributed by atoms with Crippen LogP contribution in [0.25, 0.3) is 0 Å². The Morgan fingerprint density at radius 3 is 2.52 bits per heavy atom. The number of nitrogens with one attached hydrogen (secondary N) is 1. The predicted octanol–water partition coefficient (Wildman–Crippen LogP) is 3.16. The summed E-state index contributed by atoms with van der Waals surface area (Å²) in [5.41, 5.74) is 6.55. The maximum absolute atomic E-state index is 13.7. The number of amides is 1. The van der Waals surface area contributed by atoms with Crippen LogP contribution in [0.3, 0.4) is 0 Å². The Labute approximate surface area is 125 Å². The van der Waals surface area contributed by atoms with E-state index in [0.717, 1.165) is 17.7 Å². The molecule has 0 aliphatic carbocycles. The van der Waals surface area contributed by atoms with Gasteiger partial charge in [-0.3, -0.25) is 4.79 Å². The van der Waals surface area contributed by atoms with Crippen LogP contribution < -0.4 is 11.1 Å². The SMILES string of the molecule is Cc1ccc(F)c(C(=O)Nc2ccc(F)cc2C(N)=S)c1. The molecule has 6 heteroatoms. The molecule has 0 aliphatic rings. The van der Waals surface area contributed by atoms with Gasteiger partial charge in [0.15, 0.2) is 0 Å². The summed E-state index contributed by atoms with van der Waals surface area (Å²) in [7, 11) is 0. The molecule has 0 fully saturated rings. The third-order valence-corrected chi connectivity index (χ3v) is 3.08. The van der Waals surface area contributed by atoms with Gasteiger partial charge in [0.05, 0.1) is 11.3 Å². The van der Waals surface area contributed by atoms with Gasteiger partial charge in [-0.25, -0.2) is 8.78 Å². The van der Waals surface area contributed by atoms with E-state index in [1.165, 1.54) is 18.2 Å². The minimum Gasteiger partial charge on any atom is -0.389 e. The van der Waals surface area contributed by atoms with Crippen LogP contribution in [0.5, 0.6) is 0 Å². The summed E-state index contributed by atoms with van der Waals surface area (Å²) in [5, 5.41) is 2.49. The van der Waals surface area contributed by atoms with Crippen molar-refractivity contribution in [1.29, 1.82) is 0 Å². The van der Waals surface area contributed by atoms with Gasteiger partial charge >= 0.3 is 0 Å². The summed E-state index contributed by atoms with van der Waals surface area (Å²) in [5.74, 6) is -1.82. The van der Waals surface area contributed by atoms with Crippen molar-refractivity contribution in [1.82, 2.24) is 0 Å². The summed E-state index contributed by atoms with van der Waals surface area (Å²) >= 11 is 4.81. The molecule has 0 aromatic heterocycles. The number of halogens is 2. The topological polar surface area (TPSA) is 55.1 Å². The lowest BCUT2D eigenvalue weighted by Gasteiger charge is -2.11. The molecule has 21 heavy (non-hydrogen) atoms. The minimum atomic E-state index is -0.652. The number of anilines is 1. The van der Waals surface area contributed by atoms with Gasteiger partial charge in [0.2, 0.25) is 0 Å². The molecule has 3 N–H and O–H groups in total. The molecule has 2 aromatic rings. The van der Waals surface area contributed by atoms with Crippen molar-refractivity contribution < 1.29 is 13.6 Å². The monoisotopic (exact) mass is 306 g/mol. The number of thiocarbonyl (C=S) groups is 1. The Hall–Kier alpha value is -2.34. The molecule has 1 amide bonds. The highest BCUT2D eigenvalue weighted by Gasteiger charge is 2.15. The van der Waals surface area contributed by atoms with Crippen molar-refractivity contribution in [3.63, 3.8) is 0 Å². The van der Waals surface area contributed by atoms with E-state index < -0.39 is 17.5 Å². The number of hydrogen-bond donors (Lipinski definition) is 2. The lowest BCUT2D eigenvalue weighted by molar-refractivity contribution is 0.102. The van der Waals surface area contributed by atoms with Gasteiger partial charge in [0, 0.05) is 5.56 Å². The van der Waals surface area contributed by atoms with E-state index in [1.54, 1.807) is 13.0 Å². The van der Waals surface area contributed by atoms with E-state index in [1.807, 2.05) is 0 Å². The van der Waals surface area contributed by atoms with Crippen LogP contribution in [0.2, 0.25) is 0 Å². The molecule has 0 aliphatic heterocycles. The zero-order valence-electron chi connectivity index (χ0n) is 11.1. The fourth-order valence-corrected chi connectivity index (χ4v) is 2.00. The first kappa shape index (κ1) is 15.1. The standard InChI is InChI=1S/C15H12F2N2OS/c1-8-2-4-12(17)10(6-8)15(20)19-13-5-3-9(16)7-11(13)14(18)21/h2-7H,1H3,(H2,18,21)(H,19,20). The van der Waals surface area contributed by atoms with E-state index >= 15 is 0 Å². The Kier molecular flexibility index (Phi) is 4.28. The van der Waals surface area contributed by atoms with E-state index in [0.29, 0.717) is 0 Å². The third-order valence-electron chi connectivity index (χ3n) is 2.86. The summed E-state index contributed by atoms with van der Waals surface area (Å²) in [6.45, 7) is 1.74. The number of benzene rings is 2. The van der Waals surface area contributed by atoms with Gasteiger partial charge in [-0.1, -0.05) is 23.8 Å². The van der Waals surface area contributed by atoms with Crippen LogP contribution in [0, 0.1) is 18.6 Å². The highest BCUT2D eigenvalue weighted by molar-refractivity contribution is 7.80. The lowest BCUT2D eigenvalue weighted by atomic mass is 10.1. The molecule has 0 spiro atoms. The first-order chi connectivity index (χ1) is 9.88. The van der Waals surface area contributed by atoms with E-state index in [-0.39, 0.29) is 21.8 Å². The van der Waals surface area contributed by atoms with Gasteiger partial charge in [-0.15, -0.1) is 0 Å². The molecule has 0 atom stereocenters. The average molecular weight is 306 g/mol. The minimum absolute atomic E-state index is 0.0606. The fraction of sp³-hybridized carbons (Fsp3) is 0.0667. The van der Waals surface area contributed by atoms with Gasteiger partial charge in [0.1, 0.15) is 16.6 Å². The summed E-state index contributed by atoms with van der Waals surface area (Å²) in [6, 6.07) is 7.80. The van der Waals surface area contributed by atoms with Crippen molar-refractivity contribution in [2.75, 3.05) is 5.32 Å². The Bertz CT molecular complexity index is 732. The molecule has 0 bridgehead atoms. The highest BCUT2D eigenvalue weighted by Crippen LogP contribution is 2.19. The van der Waals surface area contributed by atoms with Crippen molar-refractivity contribution in [2.24, 2.45) is 5.73 Å². The normalized spacial score (nSPS) is 10.2. The van der Waals surface area contributed by atoms with Crippen molar-refractivity contribution in [3.05, 3.63) is 64.7 Å². The molecule has 0 saturated carbocycles. The van der Waals surface area contributed by atoms with Crippen LogP contribution in [0.4, 0.5) is 14.5 Å². The van der Waals surface area contributed by atoms with Crippen molar-refractivity contribution >= 4 is 28.8 Å². The third kappa shape index (κ3) is 3.41. The first-order valence-electron chi connectivity index (χ1n) is 6.05. The second-order valence-electron chi connectivity index (χ2n) is 4.49. The highest BCUT2D eigenvalue weighted by atomic mass is 32.1. The predicted molar refractivity (Wildman–Crippen MR) is 81.4 cm³/mol. The fourth-order valence-electron chi connectivity index (χ4n) is 1.83. The maximum Gasteiger partial charge on any atom is 0.258 e. The molecular formula is C15H12F2N2OS. The smallest absolute Gasteiger partial charge is 0.258 e. The van der Waals surface area contributed by atoms with E-state index in [9.17, 15) is 13.6 Å². The van der Waals surface area contributed by atoms with Crippen molar-refractivity contribution in [3.8, 4) is 0 Å². The second-order valence-corrected chi connectivity index (χ2v) is 4.93. The van der Waals surface area contributed by atoms with Crippen LogP contribution in [0.15, 0.2) is 36.4 Å². The quantitative estimate of drug-likeness (QED) is 0.857. The molecule has 3 nitrogen and oxygen atoms in total. The molecule has 2 aromatic carbocycles. The molecule has 108 valence electrons. The van der Waals surface area contributed by atoms with Gasteiger partial charge in [-0.05, 0) is 37.3 Å². The molecule has 0 radical (unpaired) electrons. The zero-order chi connectivity index (χ0) is 15.6. The molecule has 0 unspecified atom stereocenters. The zero-order valence-corrected chi connectivity index (χ0v) is 11.9. The second kappa shape index (κ2) is 5.97. The Morgan fingerprint density at radius 1 is 1.14 bits per heavy atom. The summed E-state index contributed by atoms with van der Waals surface area (Å²) in [4.78, 5) is 12.1. The first-order valence-corrected chi connectivity index (χ1v) is 6.46. The van der Waals surface area contributed by atoms with Gasteiger partial charge < -0.3 is 11.1 Å². The number of carbonyl (C=O) groups is 1. The van der Waals surface area contributed by atoms with Gasteiger partial charge in [-0.2, -0.15) is 0 Å². The molecule has 0 saturated heterocycles. The average Bonchev–Trinajstić information content (AvgIpc) is 2.43. The van der Waals surface area contributed by atoms with E-state index in [2.05, 4.69) is 5.32 Å².